The second kappa shape index (κ2) is 3.69. The summed E-state index contributed by atoms with van der Waals surface area (Å²) in [6.07, 6.45) is -0.916. The number of aliphatic hydroxyl groups is 2. The van der Waals surface area contributed by atoms with Crippen LogP contribution < -0.4 is 0 Å². The highest BCUT2D eigenvalue weighted by molar-refractivity contribution is 5.74. The summed E-state index contributed by atoms with van der Waals surface area (Å²) in [7, 11) is 0. The Morgan fingerprint density at radius 3 is 2.09 bits per heavy atom. The zero-order chi connectivity index (χ0) is 9.07. The highest BCUT2D eigenvalue weighted by Gasteiger charge is 2.38. The summed E-state index contributed by atoms with van der Waals surface area (Å²) in [5.74, 6) is -1.17. The number of carboxylic acids is 1. The molecule has 0 aromatic heterocycles. The molecular formula is C7H14O4. The lowest BCUT2D eigenvalue weighted by Crippen LogP contribution is -2.39. The van der Waals surface area contributed by atoms with Gasteiger partial charge in [0.1, 0.15) is 5.41 Å². The van der Waals surface area contributed by atoms with Crippen molar-refractivity contribution in [2.75, 3.05) is 0 Å². The van der Waals surface area contributed by atoms with E-state index >= 15 is 0 Å². The molecule has 0 aliphatic carbocycles. The lowest BCUT2D eigenvalue weighted by Gasteiger charge is -2.25. The van der Waals surface area contributed by atoms with Gasteiger partial charge in [0, 0.05) is 0 Å². The normalized spacial score (nSPS) is 16.5. The van der Waals surface area contributed by atoms with Crippen LogP contribution >= 0.6 is 0 Å². The van der Waals surface area contributed by atoms with E-state index in [4.69, 9.17) is 15.3 Å². The highest BCUT2D eigenvalue weighted by Crippen LogP contribution is 2.26. The van der Waals surface area contributed by atoms with Gasteiger partial charge in [0.2, 0.25) is 0 Å². The quantitative estimate of drug-likeness (QED) is 0.515. The summed E-state index contributed by atoms with van der Waals surface area (Å²) < 4.78 is 0. The van der Waals surface area contributed by atoms with E-state index in [-0.39, 0.29) is 6.42 Å². The summed E-state index contributed by atoms with van der Waals surface area (Å²) >= 11 is 0. The molecule has 0 spiro atoms. The molecule has 0 fully saturated rings. The van der Waals surface area contributed by atoms with Gasteiger partial charge in [-0.2, -0.15) is 0 Å². The minimum Gasteiger partial charge on any atom is -0.481 e. The maximum atomic E-state index is 10.5. The van der Waals surface area contributed by atoms with Crippen LogP contribution in [0.2, 0.25) is 0 Å². The first-order chi connectivity index (χ1) is 4.95. The van der Waals surface area contributed by atoms with E-state index in [2.05, 4.69) is 0 Å². The Hall–Kier alpha value is -0.610. The molecule has 0 aromatic rings. The third-order valence-electron chi connectivity index (χ3n) is 1.83. The molecule has 0 radical (unpaired) electrons. The number of aliphatic carboxylic acids is 1. The first-order valence-electron chi connectivity index (χ1n) is 3.54. The number of hydrogen-bond acceptors (Lipinski definition) is 3. The maximum Gasteiger partial charge on any atom is 0.314 e. The fourth-order valence-electron chi connectivity index (χ4n) is 0.866. The first kappa shape index (κ1) is 10.4. The summed E-state index contributed by atoms with van der Waals surface area (Å²) in [5.41, 5.74) is -1.42. The van der Waals surface area contributed by atoms with Crippen molar-refractivity contribution in [3.63, 3.8) is 0 Å². The molecule has 4 nitrogen and oxygen atoms in total. The third-order valence-corrected chi connectivity index (χ3v) is 1.83. The molecule has 0 rings (SSSR count). The molecule has 66 valence electrons. The molecular weight excluding hydrogens is 148 g/mol. The van der Waals surface area contributed by atoms with Gasteiger partial charge in [-0.1, -0.05) is 13.3 Å². The summed E-state index contributed by atoms with van der Waals surface area (Å²) in [6.45, 7) is 3.12. The van der Waals surface area contributed by atoms with Crippen LogP contribution in [-0.2, 0) is 4.79 Å². The molecule has 11 heavy (non-hydrogen) atoms. The molecule has 0 saturated carbocycles. The Balaban J connectivity index is 4.38. The smallest absolute Gasteiger partial charge is 0.314 e. The summed E-state index contributed by atoms with van der Waals surface area (Å²) in [4.78, 5) is 10.5. The van der Waals surface area contributed by atoms with Gasteiger partial charge in [0.05, 0.1) is 0 Å². The Bertz CT molecular complexity index is 143. The van der Waals surface area contributed by atoms with Crippen LogP contribution in [0.1, 0.15) is 26.7 Å². The van der Waals surface area contributed by atoms with Gasteiger partial charge in [-0.15, -0.1) is 0 Å². The molecule has 0 aromatic carbocycles. The van der Waals surface area contributed by atoms with Crippen molar-refractivity contribution in [1.29, 1.82) is 0 Å². The van der Waals surface area contributed by atoms with Crippen LogP contribution in [0.25, 0.3) is 0 Å². The molecule has 4 heteroatoms. The number of aliphatic hydroxyl groups excluding tert-OH is 1. The van der Waals surface area contributed by atoms with Crippen molar-refractivity contribution in [2.24, 2.45) is 5.41 Å². The van der Waals surface area contributed by atoms with Crippen molar-refractivity contribution in [2.45, 2.75) is 33.0 Å². The SMILES string of the molecule is CCCC(C)(C(=O)O)C(O)O. The number of carbonyl (C=O) groups is 1. The number of rotatable bonds is 4. The average molecular weight is 162 g/mol. The minimum absolute atomic E-state index is 0.264. The van der Waals surface area contributed by atoms with Crippen LogP contribution in [0, 0.1) is 5.41 Å². The van der Waals surface area contributed by atoms with Gasteiger partial charge in [-0.25, -0.2) is 0 Å². The molecule has 0 aliphatic rings. The molecule has 0 saturated heterocycles. The average Bonchev–Trinajstić information content (AvgIpc) is 1.87. The van der Waals surface area contributed by atoms with Crippen LogP contribution in [0.15, 0.2) is 0 Å². The predicted octanol–water partition coefficient (Wildman–Crippen LogP) is 0.188. The van der Waals surface area contributed by atoms with Crippen LogP contribution in [-0.4, -0.2) is 27.6 Å². The Kier molecular flexibility index (Phi) is 3.48. The molecule has 1 unspecified atom stereocenters. The van der Waals surface area contributed by atoms with Gasteiger partial charge in [0.15, 0.2) is 6.29 Å². The van der Waals surface area contributed by atoms with Gasteiger partial charge >= 0.3 is 5.97 Å². The van der Waals surface area contributed by atoms with Gasteiger partial charge < -0.3 is 15.3 Å². The Morgan fingerprint density at radius 2 is 2.00 bits per heavy atom. The van der Waals surface area contributed by atoms with Crippen molar-refractivity contribution in [3.8, 4) is 0 Å². The lowest BCUT2D eigenvalue weighted by molar-refractivity contribution is -0.179. The zero-order valence-corrected chi connectivity index (χ0v) is 6.74. The van der Waals surface area contributed by atoms with Crippen LogP contribution in [0.5, 0.6) is 0 Å². The highest BCUT2D eigenvalue weighted by atomic mass is 16.5. The molecule has 0 aliphatic heterocycles. The fraction of sp³-hybridized carbons (Fsp3) is 0.857. The third kappa shape index (κ3) is 2.17. The van der Waals surface area contributed by atoms with E-state index in [1.807, 2.05) is 0 Å². The second-order valence-electron chi connectivity index (χ2n) is 2.85. The van der Waals surface area contributed by atoms with E-state index in [1.165, 1.54) is 6.92 Å². The minimum atomic E-state index is -1.79. The van der Waals surface area contributed by atoms with E-state index in [9.17, 15) is 4.79 Å². The van der Waals surface area contributed by atoms with Crippen LogP contribution in [0.4, 0.5) is 0 Å². The molecule has 0 heterocycles. The monoisotopic (exact) mass is 162 g/mol. The summed E-state index contributed by atoms with van der Waals surface area (Å²) in [5, 5.41) is 26.1. The molecule has 1 atom stereocenters. The predicted molar refractivity (Wildman–Crippen MR) is 38.9 cm³/mol. The first-order valence-corrected chi connectivity index (χ1v) is 3.54. The van der Waals surface area contributed by atoms with Crippen molar-refractivity contribution >= 4 is 5.97 Å². The van der Waals surface area contributed by atoms with Gasteiger partial charge in [-0.3, -0.25) is 4.79 Å². The van der Waals surface area contributed by atoms with E-state index < -0.39 is 17.7 Å². The Labute approximate surface area is 65.5 Å². The van der Waals surface area contributed by atoms with E-state index in [0.717, 1.165) is 0 Å². The van der Waals surface area contributed by atoms with Crippen molar-refractivity contribution < 1.29 is 20.1 Å². The van der Waals surface area contributed by atoms with Crippen molar-refractivity contribution in [1.82, 2.24) is 0 Å². The topological polar surface area (TPSA) is 77.8 Å². The van der Waals surface area contributed by atoms with Gasteiger partial charge in [-0.05, 0) is 13.3 Å². The van der Waals surface area contributed by atoms with E-state index in [1.54, 1.807) is 6.92 Å². The molecule has 3 N–H and O–H groups in total. The largest absolute Gasteiger partial charge is 0.481 e. The zero-order valence-electron chi connectivity index (χ0n) is 6.74. The van der Waals surface area contributed by atoms with Crippen LogP contribution in [0.3, 0.4) is 0 Å². The number of hydrogen-bond donors (Lipinski definition) is 3. The standard InChI is InChI=1S/C7H14O4/c1-3-4-7(2,5(8)9)6(10)11/h5,8-9H,3-4H2,1-2H3,(H,10,11). The van der Waals surface area contributed by atoms with E-state index in [0.29, 0.717) is 6.42 Å². The fourth-order valence-corrected chi connectivity index (χ4v) is 0.866. The van der Waals surface area contributed by atoms with Gasteiger partial charge in [0.25, 0.3) is 0 Å². The van der Waals surface area contributed by atoms with Crippen molar-refractivity contribution in [3.05, 3.63) is 0 Å². The maximum absolute atomic E-state index is 10.5. The molecule has 0 amide bonds. The summed E-state index contributed by atoms with van der Waals surface area (Å²) in [6, 6.07) is 0. The number of carboxylic acid groups (broad SMARTS) is 1. The molecule has 0 bridgehead atoms. The lowest BCUT2D eigenvalue weighted by atomic mass is 9.85. The Morgan fingerprint density at radius 1 is 1.55 bits per heavy atom. The second-order valence-corrected chi connectivity index (χ2v) is 2.85.